The predicted octanol–water partition coefficient (Wildman–Crippen LogP) is 3.14. The van der Waals surface area contributed by atoms with Crippen LogP contribution in [-0.4, -0.2) is 60.4 Å². The zero-order chi connectivity index (χ0) is 21.4. The van der Waals surface area contributed by atoms with Crippen molar-refractivity contribution in [2.24, 2.45) is 5.14 Å². The summed E-state index contributed by atoms with van der Waals surface area (Å²) < 4.78 is 15.2. The first-order valence-electron chi connectivity index (χ1n) is 10.0. The molecule has 5 rings (SSSR count). The van der Waals surface area contributed by atoms with Gasteiger partial charge < -0.3 is 9.62 Å². The van der Waals surface area contributed by atoms with Crippen LogP contribution in [0.15, 0.2) is 46.2 Å². The molecule has 1 unspecified atom stereocenters. The summed E-state index contributed by atoms with van der Waals surface area (Å²) in [5.74, 6) is 0.521. The first kappa shape index (κ1) is 21.0. The van der Waals surface area contributed by atoms with Gasteiger partial charge in [-0.3, -0.25) is 5.14 Å². The number of tetrazole rings is 1. The molecule has 0 amide bonds. The molecular formula is C20H23N7OS3. The van der Waals surface area contributed by atoms with E-state index in [-0.39, 0.29) is 5.25 Å². The number of anilines is 1. The Morgan fingerprint density at radius 1 is 1.19 bits per heavy atom. The Kier molecular flexibility index (Phi) is 6.02. The minimum absolute atomic E-state index is 0.286. The van der Waals surface area contributed by atoms with Gasteiger partial charge in [-0.25, -0.2) is 4.21 Å². The fraction of sp³-hybridized carbons (Fsp3) is 0.350. The van der Waals surface area contributed by atoms with Crippen LogP contribution in [0.3, 0.4) is 0 Å². The van der Waals surface area contributed by atoms with E-state index in [0.29, 0.717) is 11.1 Å². The summed E-state index contributed by atoms with van der Waals surface area (Å²) in [5.41, 5.74) is 3.73. The highest BCUT2D eigenvalue weighted by Crippen LogP contribution is 2.44. The Hall–Kier alpha value is -1.92. The summed E-state index contributed by atoms with van der Waals surface area (Å²) in [7, 11) is 1.12. The number of nitrogens with two attached hydrogens (primary N) is 1. The van der Waals surface area contributed by atoms with E-state index in [0.717, 1.165) is 58.1 Å². The number of aromatic nitrogens is 4. The lowest BCUT2D eigenvalue weighted by atomic mass is 9.99. The highest BCUT2D eigenvalue weighted by atomic mass is 32.2. The smallest absolute Gasteiger partial charge is 0.206 e. The molecule has 2 aromatic carbocycles. The maximum Gasteiger partial charge on any atom is 0.206 e. The molecule has 11 heteroatoms. The van der Waals surface area contributed by atoms with Gasteiger partial charge in [0.1, 0.15) is 11.0 Å². The van der Waals surface area contributed by atoms with Crippen molar-refractivity contribution in [3.05, 3.63) is 36.4 Å². The van der Waals surface area contributed by atoms with Crippen LogP contribution in [0.1, 0.15) is 12.8 Å². The van der Waals surface area contributed by atoms with Crippen molar-refractivity contribution in [1.29, 1.82) is 0 Å². The summed E-state index contributed by atoms with van der Waals surface area (Å²) in [6, 6.07) is 12.2. The summed E-state index contributed by atoms with van der Waals surface area (Å²) >= 11 is 3.07. The maximum absolute atomic E-state index is 12.1. The van der Waals surface area contributed by atoms with Crippen molar-refractivity contribution >= 4 is 40.4 Å². The minimum atomic E-state index is -1.01. The van der Waals surface area contributed by atoms with E-state index >= 15 is 0 Å². The first-order valence-corrected chi connectivity index (χ1v) is 13.0. The molecule has 0 spiro atoms. The molecule has 2 heterocycles. The summed E-state index contributed by atoms with van der Waals surface area (Å²) in [4.78, 5) is 4.38. The van der Waals surface area contributed by atoms with E-state index in [1.807, 2.05) is 36.0 Å². The molecule has 162 valence electrons. The second-order valence-electron chi connectivity index (χ2n) is 7.81. The van der Waals surface area contributed by atoms with Gasteiger partial charge in [0.25, 0.3) is 0 Å². The average molecular weight is 474 g/mol. The number of hydrogen-bond acceptors (Lipinski definition) is 8. The van der Waals surface area contributed by atoms with Gasteiger partial charge in [-0.15, -0.1) is 22.0 Å². The van der Waals surface area contributed by atoms with Gasteiger partial charge in [-0.2, -0.15) is 5.21 Å². The van der Waals surface area contributed by atoms with Gasteiger partial charge in [0.15, 0.2) is 0 Å². The third-order valence-electron chi connectivity index (χ3n) is 5.37. The van der Waals surface area contributed by atoms with E-state index in [1.54, 1.807) is 0 Å². The van der Waals surface area contributed by atoms with Crippen LogP contribution < -0.4 is 9.86 Å². The molecule has 31 heavy (non-hydrogen) atoms. The highest BCUT2D eigenvalue weighted by Gasteiger charge is 2.29. The summed E-state index contributed by atoms with van der Waals surface area (Å²) in [6.07, 6.45) is 2.07. The summed E-state index contributed by atoms with van der Waals surface area (Å²) in [5, 5.41) is 21.8. The van der Waals surface area contributed by atoms with Crippen molar-refractivity contribution in [2.45, 2.75) is 33.1 Å². The van der Waals surface area contributed by atoms with Crippen molar-refractivity contribution in [2.75, 3.05) is 24.9 Å². The molecule has 0 bridgehead atoms. The second-order valence-corrected chi connectivity index (χ2v) is 11.3. The molecule has 1 aliphatic carbocycles. The Morgan fingerprint density at radius 3 is 2.58 bits per heavy atom. The number of H-pyrrole nitrogens is 1. The molecule has 2 fully saturated rings. The number of nitrogens with one attached hydrogen (secondary N) is 2. The minimum Gasteiger partial charge on any atom is -0.305 e. The van der Waals surface area contributed by atoms with Crippen molar-refractivity contribution < 1.29 is 4.21 Å². The van der Waals surface area contributed by atoms with Crippen LogP contribution in [0.2, 0.25) is 0 Å². The normalized spacial score (nSPS) is 18.0. The molecular weight excluding hydrogens is 450 g/mol. The Balaban J connectivity index is 1.49. The van der Waals surface area contributed by atoms with Crippen LogP contribution in [0.5, 0.6) is 0 Å². The van der Waals surface area contributed by atoms with E-state index in [9.17, 15) is 4.21 Å². The molecule has 1 saturated heterocycles. The zero-order valence-electron chi connectivity index (χ0n) is 16.9. The second kappa shape index (κ2) is 8.91. The van der Waals surface area contributed by atoms with Crippen LogP contribution in [0.25, 0.3) is 22.5 Å². The lowest BCUT2D eigenvalue weighted by molar-refractivity contribution is 0.239. The fourth-order valence-corrected chi connectivity index (χ4v) is 6.86. The topological polar surface area (TPSA) is 113 Å². The standard InChI is InChI=1S/C20H23N7OS3/c1-27-10-14(11-27)29-17-9-8-16(18(19(17)30-21)20-22-25-26-23-20)12-2-4-13(5-3-12)24-31(28)15-6-7-15/h2-5,8-9,14-15,24H,6-7,10-11,21H2,1H3,(H,22,23,25,26). The van der Waals surface area contributed by atoms with Crippen molar-refractivity contribution in [1.82, 2.24) is 25.5 Å². The Labute approximate surface area is 191 Å². The number of benzene rings is 2. The molecule has 0 radical (unpaired) electrons. The quantitative estimate of drug-likeness (QED) is 0.428. The molecule has 1 atom stereocenters. The van der Waals surface area contributed by atoms with Crippen molar-refractivity contribution in [3.8, 4) is 22.5 Å². The number of thioether (sulfide) groups is 1. The lowest BCUT2D eigenvalue weighted by Gasteiger charge is -2.36. The molecule has 1 aliphatic heterocycles. The van der Waals surface area contributed by atoms with Crippen LogP contribution in [0.4, 0.5) is 5.69 Å². The maximum atomic E-state index is 12.1. The molecule has 1 saturated carbocycles. The molecule has 4 N–H and O–H groups in total. The van der Waals surface area contributed by atoms with E-state index in [1.165, 1.54) is 11.9 Å². The van der Waals surface area contributed by atoms with Crippen LogP contribution >= 0.6 is 23.7 Å². The lowest BCUT2D eigenvalue weighted by Crippen LogP contribution is -2.45. The number of aromatic amines is 1. The van der Waals surface area contributed by atoms with Gasteiger partial charge in [0.2, 0.25) is 5.82 Å². The molecule has 1 aromatic heterocycles. The third kappa shape index (κ3) is 4.51. The summed E-state index contributed by atoms with van der Waals surface area (Å²) in [6.45, 7) is 2.13. The number of nitrogens with zero attached hydrogens (tertiary/aromatic N) is 4. The van der Waals surface area contributed by atoms with Crippen LogP contribution in [0, 0.1) is 0 Å². The largest absolute Gasteiger partial charge is 0.305 e. The van der Waals surface area contributed by atoms with Gasteiger partial charge in [0, 0.05) is 39.4 Å². The van der Waals surface area contributed by atoms with E-state index in [2.05, 4.69) is 49.4 Å². The SMILES string of the molecule is CN1CC(Sc2ccc(-c3ccc(NS(=O)C4CC4)cc3)c(-c3nn[nH]n3)c2SN)C1. The highest BCUT2D eigenvalue weighted by molar-refractivity contribution is 8.02. The monoisotopic (exact) mass is 473 g/mol. The molecule has 8 nitrogen and oxygen atoms in total. The predicted molar refractivity (Wildman–Crippen MR) is 127 cm³/mol. The number of hydrogen-bond donors (Lipinski definition) is 3. The fourth-order valence-electron chi connectivity index (χ4n) is 3.60. The van der Waals surface area contributed by atoms with Gasteiger partial charge >= 0.3 is 0 Å². The van der Waals surface area contributed by atoms with Gasteiger partial charge in [0.05, 0.1) is 5.25 Å². The molecule has 3 aromatic rings. The first-order chi connectivity index (χ1) is 15.1. The Bertz CT molecular complexity index is 1080. The average Bonchev–Trinajstić information content (AvgIpc) is 3.48. The third-order valence-corrected chi connectivity index (χ3v) is 8.90. The van der Waals surface area contributed by atoms with Gasteiger partial charge in [-0.1, -0.05) is 18.2 Å². The Morgan fingerprint density at radius 2 is 1.97 bits per heavy atom. The van der Waals surface area contributed by atoms with E-state index in [4.69, 9.17) is 5.14 Å². The van der Waals surface area contributed by atoms with Gasteiger partial charge in [-0.05, 0) is 66.4 Å². The van der Waals surface area contributed by atoms with E-state index < -0.39 is 11.0 Å². The number of likely N-dealkylation sites (tertiary alicyclic amines) is 1. The zero-order valence-corrected chi connectivity index (χ0v) is 19.4. The number of rotatable bonds is 8. The van der Waals surface area contributed by atoms with Crippen LogP contribution in [-0.2, 0) is 11.0 Å². The molecule has 2 aliphatic rings. The van der Waals surface area contributed by atoms with Crippen molar-refractivity contribution in [3.63, 3.8) is 0 Å².